The Hall–Kier alpha value is -2.49. The summed E-state index contributed by atoms with van der Waals surface area (Å²) in [6.07, 6.45) is -7.00. The average Bonchev–Trinajstić information content (AvgIpc) is 2.38. The molecule has 0 rings (SSSR count). The van der Waals surface area contributed by atoms with Crippen LogP contribution in [-0.4, -0.2) is 64.3 Å². The minimum Gasteiger partial charge on any atom is -0.475 e. The molecule has 0 spiro atoms. The number of hydrogen-bond donors (Lipinski definition) is 2. The van der Waals surface area contributed by atoms with E-state index in [0.29, 0.717) is 0 Å². The van der Waals surface area contributed by atoms with Crippen LogP contribution in [0.1, 0.15) is 27.7 Å². The van der Waals surface area contributed by atoms with Crippen molar-refractivity contribution >= 4 is 29.7 Å². The van der Waals surface area contributed by atoms with Crippen molar-refractivity contribution in [3.05, 3.63) is 0 Å². The summed E-state index contributed by atoms with van der Waals surface area (Å²) in [6.45, 7) is 3.98. The minimum absolute atomic E-state index is 0.891. The maximum absolute atomic E-state index is 11.7. The third kappa shape index (κ3) is 6.87. The van der Waals surface area contributed by atoms with Gasteiger partial charge in [-0.2, -0.15) is 0 Å². The summed E-state index contributed by atoms with van der Waals surface area (Å²) in [4.78, 5) is 56.0. The van der Waals surface area contributed by atoms with Gasteiger partial charge in [0.25, 0.3) is 5.78 Å². The number of ketones is 1. The number of hydrogen-bond acceptors (Lipinski definition) is 9. The van der Waals surface area contributed by atoms with Gasteiger partial charge in [-0.15, -0.1) is 0 Å². The van der Waals surface area contributed by atoms with Gasteiger partial charge in [0.15, 0.2) is 12.2 Å². The van der Waals surface area contributed by atoms with E-state index in [9.17, 15) is 29.1 Å². The molecule has 23 heavy (non-hydrogen) atoms. The summed E-state index contributed by atoms with van der Waals surface area (Å²) in [6, 6.07) is 0. The van der Waals surface area contributed by atoms with E-state index < -0.39 is 54.1 Å². The molecule has 0 aliphatic carbocycles. The Bertz CT molecular complexity index is 495. The van der Waals surface area contributed by atoms with Gasteiger partial charge >= 0.3 is 23.9 Å². The summed E-state index contributed by atoms with van der Waals surface area (Å²) >= 11 is 0. The number of aliphatic hydroxyl groups excluding tert-OH is 1. The highest BCUT2D eigenvalue weighted by molar-refractivity contribution is 6.35. The molecule has 0 saturated heterocycles. The standard InChI is InChI=1S/C13H18O10/c1-5(14)10(21-6(2)15)12(23-8(4)17)11(22-7(3)16)9(18)13(19)20/h5,10-12,14H,1-4H3,(H,19,20)/t5-,10+,11+,12+/m1/s1. The van der Waals surface area contributed by atoms with Gasteiger partial charge < -0.3 is 24.4 Å². The van der Waals surface area contributed by atoms with Crippen LogP contribution in [0.5, 0.6) is 0 Å². The highest BCUT2D eigenvalue weighted by Crippen LogP contribution is 2.18. The van der Waals surface area contributed by atoms with Crippen molar-refractivity contribution in [2.45, 2.75) is 52.1 Å². The molecule has 0 aromatic heterocycles. The predicted octanol–water partition coefficient (Wildman–Crippen LogP) is -1.18. The quantitative estimate of drug-likeness (QED) is 0.315. The van der Waals surface area contributed by atoms with Crippen molar-refractivity contribution < 1.29 is 48.4 Å². The second-order valence-electron chi connectivity index (χ2n) is 4.59. The average molecular weight is 334 g/mol. The highest BCUT2D eigenvalue weighted by atomic mass is 16.6. The van der Waals surface area contributed by atoms with E-state index >= 15 is 0 Å². The Morgan fingerprint density at radius 2 is 1.17 bits per heavy atom. The Labute approximate surface area is 131 Å². The van der Waals surface area contributed by atoms with Crippen LogP contribution in [0.25, 0.3) is 0 Å². The summed E-state index contributed by atoms with van der Waals surface area (Å²) in [5.74, 6) is -6.46. The number of Topliss-reactive ketones (excluding diaryl/α,β-unsaturated/α-hetero) is 1. The fraction of sp³-hybridized carbons (Fsp3) is 0.615. The summed E-state index contributed by atoms with van der Waals surface area (Å²) in [5.41, 5.74) is 0. The van der Waals surface area contributed by atoms with Gasteiger partial charge in [-0.1, -0.05) is 0 Å². The lowest BCUT2D eigenvalue weighted by Crippen LogP contribution is -2.53. The fourth-order valence-corrected chi connectivity index (χ4v) is 1.69. The van der Waals surface area contributed by atoms with Gasteiger partial charge in [-0.3, -0.25) is 19.2 Å². The molecule has 0 aliphatic heterocycles. The third-order valence-electron chi connectivity index (χ3n) is 2.46. The molecule has 0 bridgehead atoms. The van der Waals surface area contributed by atoms with E-state index in [1.54, 1.807) is 0 Å². The highest BCUT2D eigenvalue weighted by Gasteiger charge is 2.45. The molecule has 0 fully saturated rings. The van der Waals surface area contributed by atoms with Crippen LogP contribution in [0.4, 0.5) is 0 Å². The topological polar surface area (TPSA) is 153 Å². The van der Waals surface area contributed by atoms with E-state index in [0.717, 1.165) is 27.7 Å². The SMILES string of the molecule is CC(=O)O[C@H]([C@H](OC(C)=O)[C@@H](OC(C)=O)C(=O)C(=O)O)[C@@H](C)O. The summed E-state index contributed by atoms with van der Waals surface area (Å²) < 4.78 is 14.1. The lowest BCUT2D eigenvalue weighted by Gasteiger charge is -2.31. The number of rotatable bonds is 8. The first-order valence-corrected chi connectivity index (χ1v) is 6.44. The summed E-state index contributed by atoms with van der Waals surface area (Å²) in [7, 11) is 0. The number of ether oxygens (including phenoxy) is 3. The number of carboxylic acids is 1. The molecular formula is C13H18O10. The van der Waals surface area contributed by atoms with Crippen LogP contribution in [0.2, 0.25) is 0 Å². The zero-order valence-electron chi connectivity index (χ0n) is 13.0. The van der Waals surface area contributed by atoms with Crippen molar-refractivity contribution in [2.24, 2.45) is 0 Å². The van der Waals surface area contributed by atoms with Crippen LogP contribution in [0.3, 0.4) is 0 Å². The Morgan fingerprint density at radius 1 is 0.783 bits per heavy atom. The fourth-order valence-electron chi connectivity index (χ4n) is 1.69. The third-order valence-corrected chi connectivity index (χ3v) is 2.46. The first kappa shape index (κ1) is 20.5. The molecule has 130 valence electrons. The predicted molar refractivity (Wildman–Crippen MR) is 71.0 cm³/mol. The summed E-state index contributed by atoms with van der Waals surface area (Å²) in [5, 5.41) is 18.5. The molecular weight excluding hydrogens is 316 g/mol. The van der Waals surface area contributed by atoms with Crippen molar-refractivity contribution in [3.8, 4) is 0 Å². The number of esters is 3. The van der Waals surface area contributed by atoms with Gasteiger partial charge in [0.1, 0.15) is 0 Å². The smallest absolute Gasteiger partial charge is 0.376 e. The van der Waals surface area contributed by atoms with Crippen LogP contribution in [-0.2, 0) is 38.2 Å². The second-order valence-corrected chi connectivity index (χ2v) is 4.59. The first-order valence-electron chi connectivity index (χ1n) is 6.44. The van der Waals surface area contributed by atoms with Gasteiger partial charge in [0.2, 0.25) is 6.10 Å². The number of aliphatic hydroxyl groups is 1. The van der Waals surface area contributed by atoms with Gasteiger partial charge in [0, 0.05) is 20.8 Å². The molecule has 0 aromatic rings. The van der Waals surface area contributed by atoms with Crippen molar-refractivity contribution in [2.75, 3.05) is 0 Å². The molecule has 4 atom stereocenters. The molecule has 0 unspecified atom stereocenters. The molecule has 0 amide bonds. The molecule has 0 saturated carbocycles. The van der Waals surface area contributed by atoms with Crippen LogP contribution in [0.15, 0.2) is 0 Å². The normalized spacial score (nSPS) is 15.5. The van der Waals surface area contributed by atoms with Crippen LogP contribution >= 0.6 is 0 Å². The van der Waals surface area contributed by atoms with Crippen LogP contribution in [0, 0.1) is 0 Å². The molecule has 10 heteroatoms. The minimum atomic E-state index is -2.09. The molecule has 10 nitrogen and oxygen atoms in total. The first-order chi connectivity index (χ1) is 10.5. The molecule has 0 aliphatic rings. The maximum Gasteiger partial charge on any atom is 0.376 e. The van der Waals surface area contributed by atoms with E-state index in [1.165, 1.54) is 0 Å². The van der Waals surface area contributed by atoms with E-state index in [4.69, 9.17) is 14.6 Å². The Morgan fingerprint density at radius 3 is 1.48 bits per heavy atom. The largest absolute Gasteiger partial charge is 0.475 e. The molecule has 0 aromatic carbocycles. The maximum atomic E-state index is 11.7. The van der Waals surface area contributed by atoms with Crippen molar-refractivity contribution in [3.63, 3.8) is 0 Å². The lowest BCUT2D eigenvalue weighted by molar-refractivity contribution is -0.194. The zero-order chi connectivity index (χ0) is 18.3. The van der Waals surface area contributed by atoms with Gasteiger partial charge in [-0.05, 0) is 6.92 Å². The van der Waals surface area contributed by atoms with Crippen molar-refractivity contribution in [1.82, 2.24) is 0 Å². The molecule has 0 heterocycles. The molecule has 2 N–H and O–H groups in total. The van der Waals surface area contributed by atoms with E-state index in [-0.39, 0.29) is 0 Å². The van der Waals surface area contributed by atoms with Crippen molar-refractivity contribution in [1.29, 1.82) is 0 Å². The number of carboxylic acid groups (broad SMARTS) is 1. The van der Waals surface area contributed by atoms with E-state index in [2.05, 4.69) is 4.74 Å². The Balaban J connectivity index is 5.85. The monoisotopic (exact) mass is 334 g/mol. The van der Waals surface area contributed by atoms with E-state index in [1.807, 2.05) is 0 Å². The van der Waals surface area contributed by atoms with Gasteiger partial charge in [0.05, 0.1) is 6.10 Å². The second kappa shape index (κ2) is 8.83. The lowest BCUT2D eigenvalue weighted by atomic mass is 10.00. The Kier molecular flexibility index (Phi) is 7.88. The van der Waals surface area contributed by atoms with Gasteiger partial charge in [-0.25, -0.2) is 4.79 Å². The molecule has 0 radical (unpaired) electrons. The van der Waals surface area contributed by atoms with Crippen LogP contribution < -0.4 is 0 Å². The number of carbonyl (C=O) groups is 5. The number of aliphatic carboxylic acids is 1. The zero-order valence-corrected chi connectivity index (χ0v) is 13.0. The number of carbonyl (C=O) groups excluding carboxylic acids is 4.